The van der Waals surface area contributed by atoms with Crippen LogP contribution >= 0.6 is 0 Å². The van der Waals surface area contributed by atoms with E-state index in [1.807, 2.05) is 0 Å². The SMILES string of the molecule is O=C(O)CCS(=O)(=O)CCCF. The van der Waals surface area contributed by atoms with E-state index in [4.69, 9.17) is 5.11 Å². The van der Waals surface area contributed by atoms with E-state index in [0.29, 0.717) is 0 Å². The van der Waals surface area contributed by atoms with Crippen LogP contribution in [0.15, 0.2) is 0 Å². The van der Waals surface area contributed by atoms with Gasteiger partial charge in [-0.05, 0) is 6.42 Å². The minimum atomic E-state index is -3.36. The van der Waals surface area contributed by atoms with Crippen LogP contribution < -0.4 is 0 Å². The van der Waals surface area contributed by atoms with Gasteiger partial charge in [-0.1, -0.05) is 0 Å². The molecule has 0 aromatic carbocycles. The monoisotopic (exact) mass is 198 g/mol. The second-order valence-electron chi connectivity index (χ2n) is 2.34. The summed E-state index contributed by atoms with van der Waals surface area (Å²) < 4.78 is 33.3. The highest BCUT2D eigenvalue weighted by atomic mass is 32.2. The van der Waals surface area contributed by atoms with Crippen LogP contribution in [0.5, 0.6) is 0 Å². The van der Waals surface area contributed by atoms with Gasteiger partial charge in [0.25, 0.3) is 0 Å². The summed E-state index contributed by atoms with van der Waals surface area (Å²) >= 11 is 0. The average Bonchev–Trinajstić information content (AvgIpc) is 1.98. The molecule has 0 aromatic rings. The van der Waals surface area contributed by atoms with Crippen molar-refractivity contribution in [3.8, 4) is 0 Å². The predicted molar refractivity (Wildman–Crippen MR) is 41.5 cm³/mol. The molecule has 1 N–H and O–H groups in total. The Morgan fingerprint density at radius 3 is 2.33 bits per heavy atom. The number of carbonyl (C=O) groups is 1. The summed E-state index contributed by atoms with van der Waals surface area (Å²) in [7, 11) is -3.36. The molecular weight excluding hydrogens is 187 g/mol. The number of hydrogen-bond donors (Lipinski definition) is 1. The predicted octanol–water partition coefficient (Wildman–Crippen LogP) is 0.236. The molecule has 0 rings (SSSR count). The Bertz CT molecular complexity index is 234. The summed E-state index contributed by atoms with van der Waals surface area (Å²) in [6.45, 7) is -0.688. The van der Waals surface area contributed by atoms with E-state index >= 15 is 0 Å². The number of rotatable bonds is 6. The van der Waals surface area contributed by atoms with Crippen molar-refractivity contribution >= 4 is 15.8 Å². The number of alkyl halides is 1. The molecule has 0 aromatic heterocycles. The topological polar surface area (TPSA) is 71.4 Å². The van der Waals surface area contributed by atoms with Gasteiger partial charge in [0.05, 0.1) is 24.6 Å². The van der Waals surface area contributed by atoms with Gasteiger partial charge >= 0.3 is 5.97 Å². The minimum absolute atomic E-state index is 0.0536. The molecule has 0 heterocycles. The Balaban J connectivity index is 3.80. The van der Waals surface area contributed by atoms with Gasteiger partial charge in [-0.3, -0.25) is 9.18 Å². The molecule has 0 aliphatic carbocycles. The Morgan fingerprint density at radius 1 is 1.33 bits per heavy atom. The molecule has 0 aliphatic rings. The van der Waals surface area contributed by atoms with Gasteiger partial charge in [0.1, 0.15) is 0 Å². The number of aliphatic carboxylic acids is 1. The van der Waals surface area contributed by atoms with Crippen molar-refractivity contribution < 1.29 is 22.7 Å². The molecule has 0 aliphatic heterocycles. The number of hydrogen-bond acceptors (Lipinski definition) is 3. The van der Waals surface area contributed by atoms with E-state index in [2.05, 4.69) is 0 Å². The Kier molecular flexibility index (Phi) is 4.80. The van der Waals surface area contributed by atoms with Crippen LogP contribution in [0.4, 0.5) is 4.39 Å². The highest BCUT2D eigenvalue weighted by Gasteiger charge is 2.12. The largest absolute Gasteiger partial charge is 0.481 e. The van der Waals surface area contributed by atoms with Crippen molar-refractivity contribution in [1.82, 2.24) is 0 Å². The molecule has 6 heteroatoms. The van der Waals surface area contributed by atoms with Gasteiger partial charge in [0, 0.05) is 0 Å². The van der Waals surface area contributed by atoms with E-state index in [0.717, 1.165) is 0 Å². The molecule has 0 bridgehead atoms. The number of sulfone groups is 1. The van der Waals surface area contributed by atoms with E-state index in [1.54, 1.807) is 0 Å². The summed E-state index contributed by atoms with van der Waals surface area (Å²) in [5.74, 6) is -1.82. The molecule has 0 radical (unpaired) electrons. The standard InChI is InChI=1S/C6H11FO4S/c7-3-1-4-12(10,11)5-2-6(8)9/h1-5H2,(H,8,9). The third-order valence-electron chi connectivity index (χ3n) is 1.22. The van der Waals surface area contributed by atoms with Crippen LogP contribution in [-0.4, -0.2) is 37.7 Å². The lowest BCUT2D eigenvalue weighted by atomic mass is 10.5. The summed E-state index contributed by atoms with van der Waals surface area (Å²) in [4.78, 5) is 9.98. The van der Waals surface area contributed by atoms with E-state index in [9.17, 15) is 17.6 Å². The molecule has 12 heavy (non-hydrogen) atoms. The minimum Gasteiger partial charge on any atom is -0.481 e. The van der Waals surface area contributed by atoms with Gasteiger partial charge in [0.15, 0.2) is 9.84 Å². The first kappa shape index (κ1) is 11.4. The maximum Gasteiger partial charge on any atom is 0.304 e. The molecule has 0 amide bonds. The lowest BCUT2D eigenvalue weighted by Gasteiger charge is -1.99. The van der Waals surface area contributed by atoms with Crippen LogP contribution in [0, 0.1) is 0 Å². The molecule has 0 saturated carbocycles. The second kappa shape index (κ2) is 5.08. The molecule has 0 saturated heterocycles. The van der Waals surface area contributed by atoms with Gasteiger partial charge in [0.2, 0.25) is 0 Å². The first-order valence-electron chi connectivity index (χ1n) is 3.46. The van der Waals surface area contributed by atoms with Crippen molar-refractivity contribution in [3.63, 3.8) is 0 Å². The number of halogens is 1. The molecule has 4 nitrogen and oxygen atoms in total. The molecular formula is C6H11FO4S. The fourth-order valence-corrected chi connectivity index (χ4v) is 1.86. The highest BCUT2D eigenvalue weighted by molar-refractivity contribution is 7.91. The quantitative estimate of drug-likeness (QED) is 0.663. The van der Waals surface area contributed by atoms with Crippen LogP contribution in [-0.2, 0) is 14.6 Å². The van der Waals surface area contributed by atoms with Gasteiger partial charge < -0.3 is 5.11 Å². The van der Waals surface area contributed by atoms with Crippen LogP contribution in [0.25, 0.3) is 0 Å². The zero-order chi connectivity index (χ0) is 9.61. The fraction of sp³-hybridized carbons (Fsp3) is 0.833. The third kappa shape index (κ3) is 6.09. The molecule has 0 atom stereocenters. The molecule has 0 fully saturated rings. The lowest BCUT2D eigenvalue weighted by molar-refractivity contribution is -0.136. The van der Waals surface area contributed by atoms with Crippen molar-refractivity contribution in [2.24, 2.45) is 0 Å². The lowest BCUT2D eigenvalue weighted by Crippen LogP contribution is -2.14. The number of carboxylic acid groups (broad SMARTS) is 1. The van der Waals surface area contributed by atoms with Gasteiger partial charge in [-0.15, -0.1) is 0 Å². The Labute approximate surface area is 70.3 Å². The Hall–Kier alpha value is -0.650. The van der Waals surface area contributed by atoms with Crippen molar-refractivity contribution in [1.29, 1.82) is 0 Å². The van der Waals surface area contributed by atoms with Crippen LogP contribution in [0.3, 0.4) is 0 Å². The van der Waals surface area contributed by atoms with Crippen molar-refractivity contribution in [2.45, 2.75) is 12.8 Å². The number of carboxylic acids is 1. The van der Waals surface area contributed by atoms with Crippen LogP contribution in [0.2, 0.25) is 0 Å². The zero-order valence-corrected chi connectivity index (χ0v) is 7.31. The third-order valence-corrected chi connectivity index (χ3v) is 2.95. The first-order valence-corrected chi connectivity index (χ1v) is 5.28. The normalized spacial score (nSPS) is 11.4. The zero-order valence-electron chi connectivity index (χ0n) is 6.49. The molecule has 0 spiro atoms. The van der Waals surface area contributed by atoms with Crippen molar-refractivity contribution in [2.75, 3.05) is 18.2 Å². The van der Waals surface area contributed by atoms with E-state index < -0.39 is 34.7 Å². The van der Waals surface area contributed by atoms with E-state index in [1.165, 1.54) is 0 Å². The highest BCUT2D eigenvalue weighted by Crippen LogP contribution is 1.97. The molecule has 72 valence electrons. The smallest absolute Gasteiger partial charge is 0.304 e. The second-order valence-corrected chi connectivity index (χ2v) is 4.64. The van der Waals surface area contributed by atoms with Crippen LogP contribution in [0.1, 0.15) is 12.8 Å². The average molecular weight is 198 g/mol. The van der Waals surface area contributed by atoms with Crippen molar-refractivity contribution in [3.05, 3.63) is 0 Å². The van der Waals surface area contributed by atoms with E-state index in [-0.39, 0.29) is 12.2 Å². The maximum absolute atomic E-state index is 11.5. The first-order chi connectivity index (χ1) is 5.48. The van der Waals surface area contributed by atoms with Gasteiger partial charge in [-0.25, -0.2) is 8.42 Å². The fourth-order valence-electron chi connectivity index (χ4n) is 0.619. The van der Waals surface area contributed by atoms with Gasteiger partial charge in [-0.2, -0.15) is 0 Å². The molecule has 0 unspecified atom stereocenters. The summed E-state index contributed by atoms with van der Waals surface area (Å²) in [6, 6.07) is 0. The summed E-state index contributed by atoms with van der Waals surface area (Å²) in [5.41, 5.74) is 0. The maximum atomic E-state index is 11.5. The summed E-state index contributed by atoms with van der Waals surface area (Å²) in [5, 5.41) is 8.16. The Morgan fingerprint density at radius 2 is 1.92 bits per heavy atom. The summed E-state index contributed by atoms with van der Waals surface area (Å²) in [6.07, 6.45) is -0.462.